The molecular formula is C16H28N2. The quantitative estimate of drug-likeness (QED) is 0.777. The Hall–Kier alpha value is -0.860. The zero-order chi connectivity index (χ0) is 13.5. The molecule has 2 nitrogen and oxygen atoms in total. The topological polar surface area (TPSA) is 38.0 Å². The maximum Gasteiger partial charge on any atom is 0.0444 e. The monoisotopic (exact) mass is 248 g/mol. The number of hydrogen-bond acceptors (Lipinski definition) is 2. The zero-order valence-corrected chi connectivity index (χ0v) is 12.2. The summed E-state index contributed by atoms with van der Waals surface area (Å²) in [5.74, 6) is 2.10. The average Bonchev–Trinajstić information content (AvgIpc) is 2.34. The lowest BCUT2D eigenvalue weighted by Crippen LogP contribution is -2.35. The van der Waals surface area contributed by atoms with E-state index in [0.717, 1.165) is 6.54 Å². The minimum Gasteiger partial charge on any atom is -0.329 e. The third-order valence-electron chi connectivity index (χ3n) is 3.75. The molecule has 0 radical (unpaired) electrons. The highest BCUT2D eigenvalue weighted by Gasteiger charge is 2.19. The average molecular weight is 248 g/mol. The van der Waals surface area contributed by atoms with Crippen molar-refractivity contribution in [3.8, 4) is 0 Å². The second-order valence-corrected chi connectivity index (χ2v) is 5.76. The van der Waals surface area contributed by atoms with E-state index in [9.17, 15) is 0 Å². The predicted molar refractivity (Wildman–Crippen MR) is 79.4 cm³/mol. The Morgan fingerprint density at radius 2 is 1.56 bits per heavy atom. The molecule has 0 saturated heterocycles. The third kappa shape index (κ3) is 4.43. The highest BCUT2D eigenvalue weighted by Crippen LogP contribution is 2.21. The largest absolute Gasteiger partial charge is 0.329 e. The van der Waals surface area contributed by atoms with Gasteiger partial charge in [-0.1, -0.05) is 58.0 Å². The van der Waals surface area contributed by atoms with Crippen LogP contribution in [0, 0.1) is 17.8 Å². The highest BCUT2D eigenvalue weighted by atomic mass is 14.9. The van der Waals surface area contributed by atoms with Crippen LogP contribution in [0.3, 0.4) is 0 Å². The van der Waals surface area contributed by atoms with Gasteiger partial charge in [0.2, 0.25) is 0 Å². The van der Waals surface area contributed by atoms with Crippen molar-refractivity contribution in [1.29, 1.82) is 0 Å². The molecule has 0 aliphatic carbocycles. The number of rotatable bonds is 7. The molecule has 1 aromatic carbocycles. The first-order valence-corrected chi connectivity index (χ1v) is 7.04. The summed E-state index contributed by atoms with van der Waals surface area (Å²) in [6.45, 7) is 10.9. The number of hydrogen-bond donors (Lipinski definition) is 2. The summed E-state index contributed by atoms with van der Waals surface area (Å²) in [6.07, 6.45) is 0. The Kier molecular flexibility index (Phi) is 6.37. The summed E-state index contributed by atoms with van der Waals surface area (Å²) in [7, 11) is 0. The number of nitrogens with two attached hydrogens (primary N) is 1. The number of benzene rings is 1. The van der Waals surface area contributed by atoms with Crippen molar-refractivity contribution in [2.45, 2.75) is 33.7 Å². The van der Waals surface area contributed by atoms with Crippen LogP contribution < -0.4 is 11.1 Å². The van der Waals surface area contributed by atoms with E-state index >= 15 is 0 Å². The van der Waals surface area contributed by atoms with Crippen LogP contribution in [0.1, 0.15) is 39.3 Å². The minimum atomic E-state index is 0.270. The molecule has 1 aromatic rings. The summed E-state index contributed by atoms with van der Waals surface area (Å²) >= 11 is 0. The van der Waals surface area contributed by atoms with Crippen LogP contribution >= 0.6 is 0 Å². The Morgan fingerprint density at radius 1 is 1.00 bits per heavy atom. The lowest BCUT2D eigenvalue weighted by Gasteiger charge is -2.28. The van der Waals surface area contributed by atoms with Crippen LogP contribution in [0.2, 0.25) is 0 Å². The van der Waals surface area contributed by atoms with E-state index < -0.39 is 0 Å². The van der Waals surface area contributed by atoms with Crippen molar-refractivity contribution >= 4 is 0 Å². The molecule has 1 unspecified atom stereocenters. The maximum absolute atomic E-state index is 5.88. The Labute approximate surface area is 112 Å². The van der Waals surface area contributed by atoms with Gasteiger partial charge in [0.15, 0.2) is 0 Å². The first-order chi connectivity index (χ1) is 8.56. The van der Waals surface area contributed by atoms with Gasteiger partial charge in [-0.2, -0.15) is 0 Å². The van der Waals surface area contributed by atoms with Crippen LogP contribution in [0.5, 0.6) is 0 Å². The fourth-order valence-electron chi connectivity index (χ4n) is 2.54. The minimum absolute atomic E-state index is 0.270. The van der Waals surface area contributed by atoms with Gasteiger partial charge in [0.05, 0.1) is 0 Å². The molecule has 1 rings (SSSR count). The maximum atomic E-state index is 5.88. The fraction of sp³-hybridized carbons (Fsp3) is 0.625. The van der Waals surface area contributed by atoms with Crippen LogP contribution in [-0.4, -0.2) is 13.1 Å². The molecule has 0 aromatic heterocycles. The fourth-order valence-corrected chi connectivity index (χ4v) is 2.54. The molecule has 102 valence electrons. The molecule has 2 heteroatoms. The van der Waals surface area contributed by atoms with Gasteiger partial charge < -0.3 is 11.1 Å². The molecule has 1 atom stereocenters. The van der Waals surface area contributed by atoms with E-state index in [4.69, 9.17) is 5.73 Å². The van der Waals surface area contributed by atoms with Crippen LogP contribution in [0.25, 0.3) is 0 Å². The molecule has 0 amide bonds. The van der Waals surface area contributed by atoms with E-state index in [1.165, 1.54) is 5.56 Å². The summed E-state index contributed by atoms with van der Waals surface area (Å²) in [5.41, 5.74) is 7.16. The van der Waals surface area contributed by atoms with Gasteiger partial charge in [0.25, 0.3) is 0 Å². The third-order valence-corrected chi connectivity index (χ3v) is 3.75. The summed E-state index contributed by atoms with van der Waals surface area (Å²) in [6, 6.07) is 10.7. The van der Waals surface area contributed by atoms with Crippen molar-refractivity contribution in [3.63, 3.8) is 0 Å². The summed E-state index contributed by atoms with van der Waals surface area (Å²) < 4.78 is 0. The van der Waals surface area contributed by atoms with Crippen LogP contribution in [-0.2, 0) is 0 Å². The molecule has 0 fully saturated rings. The van der Waals surface area contributed by atoms with Gasteiger partial charge in [-0.25, -0.2) is 0 Å². The van der Waals surface area contributed by atoms with Crippen molar-refractivity contribution in [1.82, 2.24) is 5.32 Å². The first-order valence-electron chi connectivity index (χ1n) is 7.04. The molecule has 0 aliphatic heterocycles. The van der Waals surface area contributed by atoms with Crippen LogP contribution in [0.4, 0.5) is 0 Å². The van der Waals surface area contributed by atoms with E-state index in [1.807, 2.05) is 6.07 Å². The molecule has 0 heterocycles. The normalized spacial score (nSPS) is 13.6. The number of nitrogens with one attached hydrogen (secondary N) is 1. The molecule has 0 bridgehead atoms. The van der Waals surface area contributed by atoms with Crippen molar-refractivity contribution in [3.05, 3.63) is 35.9 Å². The van der Waals surface area contributed by atoms with E-state index in [1.54, 1.807) is 0 Å². The SMILES string of the molecule is CC(C)C(CNC(CN)c1ccccc1)C(C)C. The van der Waals surface area contributed by atoms with Crippen molar-refractivity contribution < 1.29 is 0 Å². The van der Waals surface area contributed by atoms with Gasteiger partial charge >= 0.3 is 0 Å². The Bertz CT molecular complexity index is 311. The second kappa shape index (κ2) is 7.55. The Morgan fingerprint density at radius 3 is 2.00 bits per heavy atom. The smallest absolute Gasteiger partial charge is 0.0444 e. The summed E-state index contributed by atoms with van der Waals surface area (Å²) in [4.78, 5) is 0. The standard InChI is InChI=1S/C16H28N2/c1-12(2)15(13(3)4)11-18-16(10-17)14-8-6-5-7-9-14/h5-9,12-13,15-16,18H,10-11,17H2,1-4H3. The Balaban J connectivity index is 2.59. The second-order valence-electron chi connectivity index (χ2n) is 5.76. The lowest BCUT2D eigenvalue weighted by molar-refractivity contribution is 0.266. The van der Waals surface area contributed by atoms with Gasteiger partial charge in [-0.05, 0) is 29.9 Å². The van der Waals surface area contributed by atoms with Gasteiger partial charge in [-0.3, -0.25) is 0 Å². The molecule has 0 spiro atoms. The van der Waals surface area contributed by atoms with Crippen molar-refractivity contribution in [2.75, 3.05) is 13.1 Å². The van der Waals surface area contributed by atoms with Crippen LogP contribution in [0.15, 0.2) is 30.3 Å². The van der Waals surface area contributed by atoms with E-state index in [2.05, 4.69) is 57.3 Å². The van der Waals surface area contributed by atoms with E-state index in [0.29, 0.717) is 24.3 Å². The van der Waals surface area contributed by atoms with E-state index in [-0.39, 0.29) is 6.04 Å². The molecule has 0 saturated carbocycles. The van der Waals surface area contributed by atoms with Gasteiger partial charge in [-0.15, -0.1) is 0 Å². The highest BCUT2D eigenvalue weighted by molar-refractivity contribution is 5.19. The molecule has 3 N–H and O–H groups in total. The lowest BCUT2D eigenvalue weighted by atomic mass is 9.85. The zero-order valence-electron chi connectivity index (χ0n) is 12.2. The summed E-state index contributed by atoms with van der Waals surface area (Å²) in [5, 5.41) is 3.62. The van der Waals surface area contributed by atoms with Gasteiger partial charge in [0.1, 0.15) is 0 Å². The van der Waals surface area contributed by atoms with Gasteiger partial charge in [0, 0.05) is 12.6 Å². The molecular weight excluding hydrogens is 220 g/mol. The van der Waals surface area contributed by atoms with Crippen molar-refractivity contribution in [2.24, 2.45) is 23.5 Å². The first kappa shape index (κ1) is 15.2. The molecule has 0 aliphatic rings. The predicted octanol–water partition coefficient (Wildman–Crippen LogP) is 3.20. The molecule has 18 heavy (non-hydrogen) atoms.